The fourth-order valence-corrected chi connectivity index (χ4v) is 3.34. The number of hydrogen-bond donors (Lipinski definition) is 0. The van der Waals surface area contributed by atoms with Crippen LogP contribution < -0.4 is 4.90 Å². The van der Waals surface area contributed by atoms with Crippen molar-refractivity contribution in [3.8, 4) is 11.5 Å². The lowest BCUT2D eigenvalue weighted by Gasteiger charge is -2.20. The SMILES string of the molecule is CCN(CC)c1ccc(N=C2C(C(F)(F)F)=Nn3nc(-c4cc(C)n(C)n4)nc32)c(C)n1. The second kappa shape index (κ2) is 7.84. The third-order valence-corrected chi connectivity index (χ3v) is 5.20. The molecule has 0 aromatic carbocycles. The first-order chi connectivity index (χ1) is 15.1. The Morgan fingerprint density at radius 2 is 1.78 bits per heavy atom. The summed E-state index contributed by atoms with van der Waals surface area (Å²) in [5, 5.41) is 12.0. The molecule has 0 saturated heterocycles. The predicted octanol–water partition coefficient (Wildman–Crippen LogP) is 3.44. The van der Waals surface area contributed by atoms with Crippen LogP contribution in [0.2, 0.25) is 0 Å². The molecule has 1 aliphatic heterocycles. The van der Waals surface area contributed by atoms with Gasteiger partial charge in [-0.1, -0.05) is 0 Å². The summed E-state index contributed by atoms with van der Waals surface area (Å²) in [6.07, 6.45) is -4.72. The van der Waals surface area contributed by atoms with Crippen molar-refractivity contribution in [1.29, 1.82) is 0 Å². The smallest absolute Gasteiger partial charge is 0.357 e. The Labute approximate surface area is 182 Å². The van der Waals surface area contributed by atoms with Gasteiger partial charge in [0.25, 0.3) is 0 Å². The van der Waals surface area contributed by atoms with Gasteiger partial charge in [-0.25, -0.2) is 15.0 Å². The van der Waals surface area contributed by atoms with Crippen LogP contribution in [0.3, 0.4) is 0 Å². The normalized spacial score (nSPS) is 14.8. The average molecular weight is 445 g/mol. The minimum Gasteiger partial charge on any atom is -0.357 e. The molecule has 1 aliphatic rings. The zero-order chi connectivity index (χ0) is 23.2. The number of hydrogen-bond acceptors (Lipinski definition) is 7. The molecule has 0 N–H and O–H groups in total. The summed E-state index contributed by atoms with van der Waals surface area (Å²) in [6.45, 7) is 9.10. The molecule has 0 atom stereocenters. The van der Waals surface area contributed by atoms with E-state index in [4.69, 9.17) is 0 Å². The third-order valence-electron chi connectivity index (χ3n) is 5.20. The van der Waals surface area contributed by atoms with Crippen LogP contribution in [0, 0.1) is 13.8 Å². The summed E-state index contributed by atoms with van der Waals surface area (Å²) in [5.41, 5.74) is 0.559. The standard InChI is InChI=1S/C20H22F3N9/c1-6-31(7-2)15-9-8-13(12(4)24-15)25-16-17(20(21,22)23)28-32-19(16)26-18(29-32)14-10-11(3)30(5)27-14/h8-10H,6-7H2,1-5H3. The Morgan fingerprint density at radius 3 is 2.34 bits per heavy atom. The highest BCUT2D eigenvalue weighted by Gasteiger charge is 2.45. The average Bonchev–Trinajstić information content (AvgIpc) is 3.38. The van der Waals surface area contributed by atoms with E-state index in [0.29, 0.717) is 17.1 Å². The molecule has 3 aromatic heterocycles. The number of nitrogens with zero attached hydrogens (tertiary/aromatic N) is 9. The molecule has 0 radical (unpaired) electrons. The molecular formula is C20H22F3N9. The maximum absolute atomic E-state index is 13.7. The fourth-order valence-electron chi connectivity index (χ4n) is 3.34. The number of fused-ring (bicyclic) bond motifs is 1. The number of aromatic nitrogens is 6. The van der Waals surface area contributed by atoms with Crippen LogP contribution >= 0.6 is 0 Å². The van der Waals surface area contributed by atoms with Crippen molar-refractivity contribution in [2.75, 3.05) is 18.0 Å². The largest absolute Gasteiger partial charge is 0.437 e. The monoisotopic (exact) mass is 445 g/mol. The van der Waals surface area contributed by atoms with E-state index in [1.54, 1.807) is 36.9 Å². The second-order valence-corrected chi connectivity index (χ2v) is 7.30. The Balaban J connectivity index is 1.79. The number of aliphatic imine (C=N–C) groups is 1. The van der Waals surface area contributed by atoms with Gasteiger partial charge < -0.3 is 4.90 Å². The Kier molecular flexibility index (Phi) is 5.31. The minimum atomic E-state index is -4.72. The van der Waals surface area contributed by atoms with Crippen LogP contribution in [0.15, 0.2) is 28.3 Å². The number of anilines is 1. The quantitative estimate of drug-likeness (QED) is 0.600. The number of halogens is 3. The highest BCUT2D eigenvalue weighted by atomic mass is 19.4. The van der Waals surface area contributed by atoms with E-state index < -0.39 is 17.6 Å². The molecule has 0 amide bonds. The van der Waals surface area contributed by atoms with E-state index in [1.165, 1.54) is 0 Å². The molecule has 3 aromatic rings. The molecule has 9 nitrogen and oxygen atoms in total. The topological polar surface area (TPSA) is 89.4 Å². The summed E-state index contributed by atoms with van der Waals surface area (Å²) < 4.78 is 42.7. The molecule has 12 heteroatoms. The van der Waals surface area contributed by atoms with E-state index in [9.17, 15) is 13.2 Å². The summed E-state index contributed by atoms with van der Waals surface area (Å²) in [5.74, 6) is 0.819. The van der Waals surface area contributed by atoms with Gasteiger partial charge in [0.1, 0.15) is 17.2 Å². The van der Waals surface area contributed by atoms with Crippen LogP contribution in [0.25, 0.3) is 11.5 Å². The van der Waals surface area contributed by atoms with Gasteiger partial charge in [-0.15, -0.1) is 15.0 Å². The fraction of sp³-hybridized carbons (Fsp3) is 0.400. The van der Waals surface area contributed by atoms with Crippen molar-refractivity contribution in [2.24, 2.45) is 17.1 Å². The maximum Gasteiger partial charge on any atom is 0.437 e. The van der Waals surface area contributed by atoms with Crippen molar-refractivity contribution in [1.82, 2.24) is 29.6 Å². The first-order valence-corrected chi connectivity index (χ1v) is 10.1. The zero-order valence-corrected chi connectivity index (χ0v) is 18.3. The van der Waals surface area contributed by atoms with Crippen molar-refractivity contribution in [3.63, 3.8) is 0 Å². The highest BCUT2D eigenvalue weighted by Crippen LogP contribution is 2.29. The van der Waals surface area contributed by atoms with Crippen LogP contribution in [0.1, 0.15) is 31.1 Å². The Bertz CT molecular complexity index is 1210. The van der Waals surface area contributed by atoms with Gasteiger partial charge in [-0.05, 0) is 45.9 Å². The van der Waals surface area contributed by atoms with E-state index in [-0.39, 0.29) is 11.6 Å². The first-order valence-electron chi connectivity index (χ1n) is 10.1. The Morgan fingerprint density at radius 1 is 1.06 bits per heavy atom. The predicted molar refractivity (Wildman–Crippen MR) is 115 cm³/mol. The third kappa shape index (κ3) is 3.76. The van der Waals surface area contributed by atoms with Gasteiger partial charge in [-0.2, -0.15) is 18.3 Å². The van der Waals surface area contributed by atoms with Gasteiger partial charge >= 0.3 is 6.18 Å². The minimum absolute atomic E-state index is 0.0946. The molecule has 0 unspecified atom stereocenters. The van der Waals surface area contributed by atoms with Crippen LogP contribution in [0.5, 0.6) is 0 Å². The van der Waals surface area contributed by atoms with Gasteiger partial charge in [-0.3, -0.25) is 4.68 Å². The molecule has 168 valence electrons. The van der Waals surface area contributed by atoms with Crippen molar-refractivity contribution >= 4 is 22.9 Å². The lowest BCUT2D eigenvalue weighted by atomic mass is 10.2. The number of alkyl halides is 3. The molecule has 0 saturated carbocycles. The molecule has 0 fully saturated rings. The lowest BCUT2D eigenvalue weighted by Crippen LogP contribution is -2.29. The number of aryl methyl sites for hydroxylation is 3. The molecular weight excluding hydrogens is 423 g/mol. The van der Waals surface area contributed by atoms with E-state index in [2.05, 4.69) is 30.3 Å². The van der Waals surface area contributed by atoms with Crippen LogP contribution in [-0.2, 0) is 7.05 Å². The van der Waals surface area contributed by atoms with Gasteiger partial charge in [0.05, 0.1) is 11.4 Å². The van der Waals surface area contributed by atoms with Crippen LogP contribution in [-0.4, -0.2) is 60.3 Å². The first kappa shape index (κ1) is 21.7. The number of pyridine rings is 1. The zero-order valence-electron chi connectivity index (χ0n) is 18.3. The van der Waals surface area contributed by atoms with Crippen LogP contribution in [0.4, 0.5) is 24.7 Å². The molecule has 4 heterocycles. The van der Waals surface area contributed by atoms with E-state index in [0.717, 1.165) is 29.4 Å². The van der Waals surface area contributed by atoms with Crippen molar-refractivity contribution in [3.05, 3.63) is 35.4 Å². The highest BCUT2D eigenvalue weighted by molar-refractivity contribution is 6.51. The van der Waals surface area contributed by atoms with Gasteiger partial charge in [0, 0.05) is 25.8 Å². The van der Waals surface area contributed by atoms with E-state index >= 15 is 0 Å². The van der Waals surface area contributed by atoms with Gasteiger partial charge in [0.2, 0.25) is 11.6 Å². The summed E-state index contributed by atoms with van der Waals surface area (Å²) >= 11 is 0. The second-order valence-electron chi connectivity index (χ2n) is 7.30. The molecule has 32 heavy (non-hydrogen) atoms. The Hall–Kier alpha value is -3.57. The van der Waals surface area contributed by atoms with E-state index in [1.807, 2.05) is 25.7 Å². The number of rotatable bonds is 5. The molecule has 0 spiro atoms. The lowest BCUT2D eigenvalue weighted by molar-refractivity contribution is -0.0567. The molecule has 0 aliphatic carbocycles. The summed E-state index contributed by atoms with van der Waals surface area (Å²) in [6, 6.07) is 5.14. The summed E-state index contributed by atoms with van der Waals surface area (Å²) in [7, 11) is 1.76. The molecule has 4 rings (SSSR count). The molecule has 0 bridgehead atoms. The maximum atomic E-state index is 13.7. The van der Waals surface area contributed by atoms with Crippen molar-refractivity contribution < 1.29 is 13.2 Å². The van der Waals surface area contributed by atoms with Crippen molar-refractivity contribution in [2.45, 2.75) is 33.9 Å². The summed E-state index contributed by atoms with van der Waals surface area (Å²) in [4.78, 5) is 15.9. The van der Waals surface area contributed by atoms with Gasteiger partial charge in [0.15, 0.2) is 5.71 Å².